The van der Waals surface area contributed by atoms with Crippen molar-refractivity contribution in [2.75, 3.05) is 0 Å². The number of hydrogen-bond acceptors (Lipinski definition) is 2. The standard InChI is InChI=1S/C7H16OS/c1-5(2)9-7(4)6(3)8/h5-8H,1-4H3. The first-order chi connectivity index (χ1) is 4.04. The zero-order chi connectivity index (χ0) is 7.44. The van der Waals surface area contributed by atoms with Gasteiger partial charge in [0, 0.05) is 5.25 Å². The van der Waals surface area contributed by atoms with Crippen LogP contribution in [0.3, 0.4) is 0 Å². The fourth-order valence-electron chi connectivity index (χ4n) is 0.543. The Bertz CT molecular complexity index is 71.3. The molecular formula is C7H16OS. The molecule has 0 saturated carbocycles. The van der Waals surface area contributed by atoms with Gasteiger partial charge in [0.15, 0.2) is 0 Å². The van der Waals surface area contributed by atoms with Crippen LogP contribution < -0.4 is 0 Å². The SMILES string of the molecule is CC(C)SC(C)C(C)O. The molecule has 0 aliphatic heterocycles. The van der Waals surface area contributed by atoms with Gasteiger partial charge in [0.1, 0.15) is 0 Å². The van der Waals surface area contributed by atoms with Crippen molar-refractivity contribution in [2.45, 2.75) is 44.3 Å². The monoisotopic (exact) mass is 148 g/mol. The maximum Gasteiger partial charge on any atom is 0.0628 e. The summed E-state index contributed by atoms with van der Waals surface area (Å²) >= 11 is 1.81. The number of rotatable bonds is 3. The Morgan fingerprint density at radius 3 is 1.67 bits per heavy atom. The van der Waals surface area contributed by atoms with E-state index < -0.39 is 0 Å². The fraction of sp³-hybridized carbons (Fsp3) is 1.00. The lowest BCUT2D eigenvalue weighted by Gasteiger charge is -2.15. The second-order valence-corrected chi connectivity index (χ2v) is 4.59. The third kappa shape index (κ3) is 4.79. The van der Waals surface area contributed by atoms with E-state index in [4.69, 9.17) is 5.11 Å². The second kappa shape index (κ2) is 4.18. The van der Waals surface area contributed by atoms with E-state index in [1.54, 1.807) is 0 Å². The van der Waals surface area contributed by atoms with Crippen LogP contribution in [0.15, 0.2) is 0 Å². The van der Waals surface area contributed by atoms with Crippen LogP contribution in [0.25, 0.3) is 0 Å². The van der Waals surface area contributed by atoms with E-state index >= 15 is 0 Å². The minimum absolute atomic E-state index is 0.183. The zero-order valence-corrected chi connectivity index (χ0v) is 7.40. The maximum atomic E-state index is 9.05. The van der Waals surface area contributed by atoms with E-state index in [-0.39, 0.29) is 6.10 Å². The van der Waals surface area contributed by atoms with Gasteiger partial charge in [0.05, 0.1) is 6.10 Å². The highest BCUT2D eigenvalue weighted by molar-refractivity contribution is 8.00. The molecule has 0 rings (SSSR count). The highest BCUT2D eigenvalue weighted by Crippen LogP contribution is 2.18. The van der Waals surface area contributed by atoms with Crippen molar-refractivity contribution >= 4 is 11.8 Å². The average molecular weight is 148 g/mol. The first-order valence-corrected chi connectivity index (χ1v) is 4.32. The van der Waals surface area contributed by atoms with Crippen molar-refractivity contribution < 1.29 is 5.11 Å². The van der Waals surface area contributed by atoms with Gasteiger partial charge in [-0.15, -0.1) is 0 Å². The summed E-state index contributed by atoms with van der Waals surface area (Å²) < 4.78 is 0. The molecule has 0 aromatic heterocycles. The molecule has 0 spiro atoms. The number of hydrogen-bond donors (Lipinski definition) is 1. The molecule has 2 unspecified atom stereocenters. The summed E-state index contributed by atoms with van der Waals surface area (Å²) in [5.74, 6) is 0. The molecule has 1 nitrogen and oxygen atoms in total. The number of aliphatic hydroxyl groups is 1. The lowest BCUT2D eigenvalue weighted by atomic mass is 10.3. The molecule has 0 aromatic rings. The summed E-state index contributed by atoms with van der Waals surface area (Å²) in [5.41, 5.74) is 0. The van der Waals surface area contributed by atoms with Gasteiger partial charge >= 0.3 is 0 Å². The predicted molar refractivity (Wildman–Crippen MR) is 43.9 cm³/mol. The van der Waals surface area contributed by atoms with Crippen LogP contribution in [-0.4, -0.2) is 21.7 Å². The average Bonchev–Trinajstić information content (AvgIpc) is 1.63. The van der Waals surface area contributed by atoms with Gasteiger partial charge in [-0.25, -0.2) is 0 Å². The molecule has 0 radical (unpaired) electrons. The van der Waals surface area contributed by atoms with Crippen molar-refractivity contribution in [2.24, 2.45) is 0 Å². The third-order valence-corrected chi connectivity index (χ3v) is 2.53. The van der Waals surface area contributed by atoms with Crippen LogP contribution in [0.5, 0.6) is 0 Å². The minimum atomic E-state index is -0.183. The number of aliphatic hydroxyl groups excluding tert-OH is 1. The van der Waals surface area contributed by atoms with Crippen LogP contribution in [0.2, 0.25) is 0 Å². The van der Waals surface area contributed by atoms with Gasteiger partial charge in [-0.05, 0) is 12.2 Å². The summed E-state index contributed by atoms with van der Waals surface area (Å²) in [6.45, 7) is 8.17. The molecule has 0 aliphatic rings. The van der Waals surface area contributed by atoms with Gasteiger partial charge in [-0.1, -0.05) is 20.8 Å². The first kappa shape index (κ1) is 9.31. The van der Waals surface area contributed by atoms with Crippen molar-refractivity contribution in [3.8, 4) is 0 Å². The smallest absolute Gasteiger partial charge is 0.0628 e. The topological polar surface area (TPSA) is 20.2 Å². The van der Waals surface area contributed by atoms with Gasteiger partial charge in [-0.3, -0.25) is 0 Å². The maximum absolute atomic E-state index is 9.05. The lowest BCUT2D eigenvalue weighted by molar-refractivity contribution is 0.196. The molecule has 0 amide bonds. The lowest BCUT2D eigenvalue weighted by Crippen LogP contribution is -2.17. The molecule has 2 atom stereocenters. The largest absolute Gasteiger partial charge is 0.392 e. The van der Waals surface area contributed by atoms with Gasteiger partial charge < -0.3 is 5.11 Å². The van der Waals surface area contributed by atoms with Gasteiger partial charge in [-0.2, -0.15) is 11.8 Å². The van der Waals surface area contributed by atoms with E-state index in [0.717, 1.165) is 0 Å². The van der Waals surface area contributed by atoms with Gasteiger partial charge in [0.2, 0.25) is 0 Å². The molecule has 0 bridgehead atoms. The van der Waals surface area contributed by atoms with Crippen molar-refractivity contribution in [3.63, 3.8) is 0 Å². The Hall–Kier alpha value is 0.310. The molecule has 0 saturated heterocycles. The van der Waals surface area contributed by atoms with Crippen LogP contribution in [0.1, 0.15) is 27.7 Å². The molecule has 0 heterocycles. The van der Waals surface area contributed by atoms with Gasteiger partial charge in [0.25, 0.3) is 0 Å². The van der Waals surface area contributed by atoms with Crippen LogP contribution in [-0.2, 0) is 0 Å². The highest BCUT2D eigenvalue weighted by Gasteiger charge is 2.09. The van der Waals surface area contributed by atoms with E-state index in [2.05, 4.69) is 20.8 Å². The van der Waals surface area contributed by atoms with Crippen molar-refractivity contribution in [1.82, 2.24) is 0 Å². The fourth-order valence-corrected chi connectivity index (χ4v) is 1.63. The van der Waals surface area contributed by atoms with Crippen molar-refractivity contribution in [3.05, 3.63) is 0 Å². The summed E-state index contributed by atoms with van der Waals surface area (Å²) in [6.07, 6.45) is -0.183. The minimum Gasteiger partial charge on any atom is -0.392 e. The Labute approximate surface area is 61.8 Å². The molecule has 9 heavy (non-hydrogen) atoms. The third-order valence-electron chi connectivity index (χ3n) is 1.17. The molecule has 2 heteroatoms. The number of thioether (sulfide) groups is 1. The van der Waals surface area contributed by atoms with E-state index in [9.17, 15) is 0 Å². The quantitative estimate of drug-likeness (QED) is 0.659. The van der Waals surface area contributed by atoms with E-state index in [1.807, 2.05) is 18.7 Å². The molecule has 0 aromatic carbocycles. The van der Waals surface area contributed by atoms with Crippen molar-refractivity contribution in [1.29, 1.82) is 0 Å². The Morgan fingerprint density at radius 1 is 1.11 bits per heavy atom. The summed E-state index contributed by atoms with van der Waals surface area (Å²) in [4.78, 5) is 0. The van der Waals surface area contributed by atoms with E-state index in [1.165, 1.54) is 0 Å². The Balaban J connectivity index is 3.38. The molecular weight excluding hydrogens is 132 g/mol. The van der Waals surface area contributed by atoms with Crippen LogP contribution in [0.4, 0.5) is 0 Å². The molecule has 0 aliphatic carbocycles. The zero-order valence-electron chi connectivity index (χ0n) is 6.59. The summed E-state index contributed by atoms with van der Waals surface area (Å²) in [5, 5.41) is 10.0. The summed E-state index contributed by atoms with van der Waals surface area (Å²) in [6, 6.07) is 0. The molecule has 56 valence electrons. The first-order valence-electron chi connectivity index (χ1n) is 3.37. The Kier molecular flexibility index (Phi) is 4.32. The Morgan fingerprint density at radius 2 is 1.56 bits per heavy atom. The van der Waals surface area contributed by atoms with E-state index in [0.29, 0.717) is 10.5 Å². The predicted octanol–water partition coefficient (Wildman–Crippen LogP) is 1.90. The van der Waals surface area contributed by atoms with Crippen LogP contribution in [0, 0.1) is 0 Å². The molecule has 1 N–H and O–H groups in total. The molecule has 0 fully saturated rings. The highest BCUT2D eigenvalue weighted by atomic mass is 32.2. The normalized spacial score (nSPS) is 18.0. The summed E-state index contributed by atoms with van der Waals surface area (Å²) in [7, 11) is 0. The van der Waals surface area contributed by atoms with Crippen LogP contribution >= 0.6 is 11.8 Å². The second-order valence-electron chi connectivity index (χ2n) is 2.63.